The molecule has 28 heavy (non-hydrogen) atoms. The first kappa shape index (κ1) is 19.2. The summed E-state index contributed by atoms with van der Waals surface area (Å²) in [6.07, 6.45) is 0. The molecule has 142 valence electrons. The van der Waals surface area contributed by atoms with Gasteiger partial charge in [-0.15, -0.1) is 0 Å². The van der Waals surface area contributed by atoms with E-state index >= 15 is 0 Å². The number of carbonyl (C=O) groups is 2. The highest BCUT2D eigenvalue weighted by Crippen LogP contribution is 2.21. The molecule has 1 aromatic heterocycles. The lowest BCUT2D eigenvalue weighted by atomic mass is 10.1. The van der Waals surface area contributed by atoms with Gasteiger partial charge in [0.15, 0.2) is 0 Å². The molecule has 2 N–H and O–H groups in total. The fraction of sp³-hybridized carbons (Fsp3) is 0.0952. The van der Waals surface area contributed by atoms with Crippen LogP contribution in [0.3, 0.4) is 0 Å². The Morgan fingerprint density at radius 2 is 1.14 bits per heavy atom. The van der Waals surface area contributed by atoms with Crippen LogP contribution < -0.4 is 10.6 Å². The van der Waals surface area contributed by atoms with Gasteiger partial charge in [-0.1, -0.05) is 30.3 Å². The van der Waals surface area contributed by atoms with Gasteiger partial charge >= 0.3 is 0 Å². The average molecular weight is 381 g/mol. The number of nitrogens with one attached hydrogen (secondary N) is 2. The summed E-state index contributed by atoms with van der Waals surface area (Å²) in [5, 5.41) is 4.92. The van der Waals surface area contributed by atoms with Gasteiger partial charge in [0.25, 0.3) is 11.8 Å². The standard InChI is InChI=1S/C21H17F2N3O2/c1-12-6-3-7-13(2)18(12)25-20(27)16-10-5-11-17(24-16)21(28)26-19-14(22)8-4-9-15(19)23/h3-11H,1-2H3,(H,25,27)(H,26,28). The first-order chi connectivity index (χ1) is 13.4. The highest BCUT2D eigenvalue weighted by Gasteiger charge is 2.17. The van der Waals surface area contributed by atoms with Gasteiger partial charge in [0.2, 0.25) is 0 Å². The largest absolute Gasteiger partial charge is 0.320 e. The van der Waals surface area contributed by atoms with E-state index in [2.05, 4.69) is 15.6 Å². The van der Waals surface area contributed by atoms with Crippen molar-refractivity contribution in [3.63, 3.8) is 0 Å². The Balaban J connectivity index is 1.82. The first-order valence-electron chi connectivity index (χ1n) is 8.47. The number of anilines is 2. The van der Waals surface area contributed by atoms with Crippen LogP contribution in [0.4, 0.5) is 20.2 Å². The van der Waals surface area contributed by atoms with Crippen molar-refractivity contribution in [1.82, 2.24) is 4.98 Å². The predicted molar refractivity (Wildman–Crippen MR) is 102 cm³/mol. The minimum Gasteiger partial charge on any atom is -0.320 e. The SMILES string of the molecule is Cc1cccc(C)c1NC(=O)c1cccc(C(=O)Nc2c(F)cccc2F)n1. The number of halogens is 2. The summed E-state index contributed by atoms with van der Waals surface area (Å²) in [6, 6.07) is 13.1. The predicted octanol–water partition coefficient (Wildman–Crippen LogP) is 4.48. The third-order valence-electron chi connectivity index (χ3n) is 4.14. The Morgan fingerprint density at radius 3 is 1.68 bits per heavy atom. The monoisotopic (exact) mass is 381 g/mol. The van der Waals surface area contributed by atoms with Crippen LogP contribution in [0.2, 0.25) is 0 Å². The maximum atomic E-state index is 13.7. The minimum atomic E-state index is -0.905. The maximum Gasteiger partial charge on any atom is 0.274 e. The van der Waals surface area contributed by atoms with Gasteiger partial charge in [-0.25, -0.2) is 13.8 Å². The van der Waals surface area contributed by atoms with Gasteiger partial charge in [-0.05, 0) is 49.2 Å². The van der Waals surface area contributed by atoms with Crippen LogP contribution >= 0.6 is 0 Å². The molecule has 5 nitrogen and oxygen atoms in total. The second kappa shape index (κ2) is 7.96. The van der Waals surface area contributed by atoms with Crippen LogP contribution in [0.15, 0.2) is 54.6 Å². The number of hydrogen-bond donors (Lipinski definition) is 2. The van der Waals surface area contributed by atoms with Crippen molar-refractivity contribution < 1.29 is 18.4 Å². The quantitative estimate of drug-likeness (QED) is 0.700. The molecule has 0 aliphatic rings. The highest BCUT2D eigenvalue weighted by molar-refractivity contribution is 6.06. The summed E-state index contributed by atoms with van der Waals surface area (Å²) in [5.74, 6) is -3.13. The number of benzene rings is 2. The van der Waals surface area contributed by atoms with Crippen LogP contribution in [0.5, 0.6) is 0 Å². The zero-order valence-electron chi connectivity index (χ0n) is 15.2. The van der Waals surface area contributed by atoms with Crippen LogP contribution in [0.1, 0.15) is 32.1 Å². The lowest BCUT2D eigenvalue weighted by molar-refractivity contribution is 0.101. The summed E-state index contributed by atoms with van der Waals surface area (Å²) in [4.78, 5) is 28.9. The van der Waals surface area contributed by atoms with Crippen molar-refractivity contribution in [2.75, 3.05) is 10.6 Å². The van der Waals surface area contributed by atoms with Gasteiger partial charge in [-0.3, -0.25) is 9.59 Å². The molecule has 0 aliphatic heterocycles. The summed E-state index contributed by atoms with van der Waals surface area (Å²) in [5.41, 5.74) is 1.73. The van der Waals surface area contributed by atoms with Crippen molar-refractivity contribution in [1.29, 1.82) is 0 Å². The Kier molecular flexibility index (Phi) is 5.44. The smallest absolute Gasteiger partial charge is 0.274 e. The fourth-order valence-corrected chi connectivity index (χ4v) is 2.67. The van der Waals surface area contributed by atoms with E-state index in [-0.39, 0.29) is 11.4 Å². The number of aromatic nitrogens is 1. The van der Waals surface area contributed by atoms with E-state index in [0.717, 1.165) is 23.3 Å². The van der Waals surface area contributed by atoms with Crippen LogP contribution in [0.25, 0.3) is 0 Å². The van der Waals surface area contributed by atoms with E-state index in [1.807, 2.05) is 32.0 Å². The number of para-hydroxylation sites is 2. The molecule has 2 amide bonds. The van der Waals surface area contributed by atoms with Crippen molar-refractivity contribution >= 4 is 23.2 Å². The highest BCUT2D eigenvalue weighted by atomic mass is 19.1. The molecule has 0 fully saturated rings. The number of amides is 2. The second-order valence-corrected chi connectivity index (χ2v) is 6.18. The first-order valence-corrected chi connectivity index (χ1v) is 8.47. The molecule has 0 atom stereocenters. The van der Waals surface area contributed by atoms with Crippen molar-refractivity contribution in [2.45, 2.75) is 13.8 Å². The molecular formula is C21H17F2N3O2. The molecule has 0 aliphatic carbocycles. The Hall–Kier alpha value is -3.61. The molecule has 3 aromatic rings. The molecule has 0 radical (unpaired) electrons. The summed E-state index contributed by atoms with van der Waals surface area (Å²) in [6.45, 7) is 3.73. The molecule has 0 bridgehead atoms. The molecular weight excluding hydrogens is 364 g/mol. The topological polar surface area (TPSA) is 71.1 Å². The fourth-order valence-electron chi connectivity index (χ4n) is 2.67. The third kappa shape index (κ3) is 4.03. The third-order valence-corrected chi connectivity index (χ3v) is 4.14. The minimum absolute atomic E-state index is 0.00399. The molecule has 1 heterocycles. The molecule has 0 unspecified atom stereocenters. The summed E-state index contributed by atoms with van der Waals surface area (Å²) >= 11 is 0. The lowest BCUT2D eigenvalue weighted by Gasteiger charge is -2.12. The molecule has 0 spiro atoms. The lowest BCUT2D eigenvalue weighted by Crippen LogP contribution is -2.20. The zero-order valence-corrected chi connectivity index (χ0v) is 15.2. The Bertz CT molecular complexity index is 946. The van der Waals surface area contributed by atoms with Crippen molar-refractivity contribution in [3.8, 4) is 0 Å². The van der Waals surface area contributed by atoms with Crippen LogP contribution in [0, 0.1) is 25.5 Å². The van der Waals surface area contributed by atoms with E-state index in [9.17, 15) is 18.4 Å². The van der Waals surface area contributed by atoms with Crippen LogP contribution in [-0.2, 0) is 0 Å². The van der Waals surface area contributed by atoms with Gasteiger partial charge in [-0.2, -0.15) is 0 Å². The van der Waals surface area contributed by atoms with E-state index in [1.165, 1.54) is 24.3 Å². The number of nitrogens with zero attached hydrogens (tertiary/aromatic N) is 1. The average Bonchev–Trinajstić information content (AvgIpc) is 2.67. The van der Waals surface area contributed by atoms with Gasteiger partial charge in [0, 0.05) is 5.69 Å². The molecule has 2 aromatic carbocycles. The van der Waals surface area contributed by atoms with E-state index in [4.69, 9.17) is 0 Å². The number of aryl methyl sites for hydroxylation is 2. The van der Waals surface area contributed by atoms with Crippen molar-refractivity contribution in [3.05, 3.63) is 88.7 Å². The molecule has 3 rings (SSSR count). The molecule has 7 heteroatoms. The van der Waals surface area contributed by atoms with E-state index in [1.54, 1.807) is 0 Å². The van der Waals surface area contributed by atoms with Gasteiger partial charge in [0.1, 0.15) is 28.7 Å². The van der Waals surface area contributed by atoms with Crippen LogP contribution in [-0.4, -0.2) is 16.8 Å². The number of rotatable bonds is 4. The number of carbonyl (C=O) groups excluding carboxylic acids is 2. The second-order valence-electron chi connectivity index (χ2n) is 6.18. The Labute approximate surface area is 160 Å². The van der Waals surface area contributed by atoms with E-state index in [0.29, 0.717) is 5.69 Å². The van der Waals surface area contributed by atoms with E-state index < -0.39 is 29.1 Å². The van der Waals surface area contributed by atoms with Gasteiger partial charge < -0.3 is 10.6 Å². The summed E-state index contributed by atoms with van der Waals surface area (Å²) < 4.78 is 27.4. The van der Waals surface area contributed by atoms with Crippen molar-refractivity contribution in [2.24, 2.45) is 0 Å². The van der Waals surface area contributed by atoms with Gasteiger partial charge in [0.05, 0.1) is 0 Å². The zero-order chi connectivity index (χ0) is 20.3. The normalized spacial score (nSPS) is 10.4. The summed E-state index contributed by atoms with van der Waals surface area (Å²) in [7, 11) is 0. The molecule has 0 saturated heterocycles. The maximum absolute atomic E-state index is 13.7. The molecule has 0 saturated carbocycles. The number of pyridine rings is 1. The Morgan fingerprint density at radius 1 is 0.714 bits per heavy atom. The number of hydrogen-bond acceptors (Lipinski definition) is 3.